The second-order valence-electron chi connectivity index (χ2n) is 8.10. The number of aliphatic hydroxyl groups is 1. The minimum Gasteiger partial charge on any atom is -0.493 e. The summed E-state index contributed by atoms with van der Waals surface area (Å²) in [5, 5.41) is 18.2. The van der Waals surface area contributed by atoms with Crippen LogP contribution in [0.2, 0.25) is 5.02 Å². The van der Waals surface area contributed by atoms with Crippen molar-refractivity contribution in [3.8, 4) is 16.9 Å². The lowest BCUT2D eigenvalue weighted by molar-refractivity contribution is 0.0752. The number of aromatic amines is 1. The van der Waals surface area contributed by atoms with E-state index >= 15 is 4.39 Å². The summed E-state index contributed by atoms with van der Waals surface area (Å²) in [5.74, 6) is -0.651. The molecule has 35 heavy (non-hydrogen) atoms. The molecule has 0 fully saturated rings. The quantitative estimate of drug-likeness (QED) is 0.334. The van der Waals surface area contributed by atoms with E-state index < -0.39 is 11.9 Å². The fourth-order valence-electron chi connectivity index (χ4n) is 4.07. The van der Waals surface area contributed by atoms with Crippen molar-refractivity contribution in [2.24, 2.45) is 0 Å². The van der Waals surface area contributed by atoms with Gasteiger partial charge in [-0.15, -0.1) is 0 Å². The Balaban J connectivity index is 1.69. The van der Waals surface area contributed by atoms with Gasteiger partial charge in [0, 0.05) is 40.8 Å². The Morgan fingerprint density at radius 3 is 2.74 bits per heavy atom. The number of hydrogen-bond acceptors (Lipinski definition) is 5. The lowest BCUT2D eigenvalue weighted by Gasteiger charge is -2.22. The number of fused-ring (bicyclic) bond motifs is 1. The topological polar surface area (TPSA) is 91.3 Å². The minimum absolute atomic E-state index is 0.174. The fourth-order valence-corrected chi connectivity index (χ4v) is 4.26. The van der Waals surface area contributed by atoms with E-state index in [4.69, 9.17) is 16.3 Å². The zero-order valence-electron chi connectivity index (χ0n) is 19.7. The van der Waals surface area contributed by atoms with Gasteiger partial charge >= 0.3 is 0 Å². The highest BCUT2D eigenvalue weighted by Crippen LogP contribution is 2.36. The number of hydrogen-bond donors (Lipinski definition) is 2. The average Bonchev–Trinajstić information content (AvgIpc) is 3.32. The van der Waals surface area contributed by atoms with Gasteiger partial charge in [0.1, 0.15) is 11.6 Å². The van der Waals surface area contributed by atoms with Gasteiger partial charge in [0.15, 0.2) is 0 Å². The third-order valence-corrected chi connectivity index (χ3v) is 5.97. The summed E-state index contributed by atoms with van der Waals surface area (Å²) in [5.41, 5.74) is 2.93. The molecule has 4 aromatic rings. The zero-order valence-corrected chi connectivity index (χ0v) is 20.4. The lowest BCUT2D eigenvalue weighted by Crippen LogP contribution is -2.30. The second kappa shape index (κ2) is 10.4. The second-order valence-corrected chi connectivity index (χ2v) is 8.53. The predicted molar refractivity (Wildman–Crippen MR) is 133 cm³/mol. The summed E-state index contributed by atoms with van der Waals surface area (Å²) < 4.78 is 21.1. The highest BCUT2D eigenvalue weighted by molar-refractivity contribution is 6.30. The summed E-state index contributed by atoms with van der Waals surface area (Å²) in [6, 6.07) is 9.63. The Kier molecular flexibility index (Phi) is 7.33. The summed E-state index contributed by atoms with van der Waals surface area (Å²) in [6.45, 7) is 6.19. The van der Waals surface area contributed by atoms with Gasteiger partial charge in [-0.3, -0.25) is 14.9 Å². The number of halogens is 2. The van der Waals surface area contributed by atoms with Crippen molar-refractivity contribution in [3.05, 3.63) is 76.5 Å². The summed E-state index contributed by atoms with van der Waals surface area (Å²) in [4.78, 5) is 19.4. The first-order chi connectivity index (χ1) is 16.8. The van der Waals surface area contributed by atoms with Crippen LogP contribution in [0.25, 0.3) is 22.0 Å². The predicted octanol–water partition coefficient (Wildman–Crippen LogP) is 5.53. The van der Waals surface area contributed by atoms with Gasteiger partial charge in [-0.25, -0.2) is 4.39 Å². The molecule has 1 unspecified atom stereocenters. The highest BCUT2D eigenvalue weighted by Gasteiger charge is 2.22. The first-order valence-corrected chi connectivity index (χ1v) is 11.7. The monoisotopic (exact) mass is 496 g/mol. The number of ether oxygens (including phenoxy) is 1. The van der Waals surface area contributed by atoms with Crippen LogP contribution in [0.5, 0.6) is 5.75 Å². The Labute approximate surface area is 207 Å². The van der Waals surface area contributed by atoms with Crippen LogP contribution < -0.4 is 4.74 Å². The van der Waals surface area contributed by atoms with Crippen molar-refractivity contribution >= 4 is 28.4 Å². The number of amides is 1. The molecule has 0 radical (unpaired) electrons. The number of aliphatic hydroxyl groups excluding tert-OH is 1. The Morgan fingerprint density at radius 1 is 1.26 bits per heavy atom. The van der Waals surface area contributed by atoms with Crippen LogP contribution >= 0.6 is 11.6 Å². The van der Waals surface area contributed by atoms with Crippen LogP contribution in [0.3, 0.4) is 0 Å². The standard InChI is InChI=1S/C26H26ClFN4O3/c1-4-32(14-18-12-29-24(15(3)33)20-13-30-31-25(18)20)26(34)17-10-21(28)23(22(11-17)35-5-2)16-7-6-8-19(27)9-16/h6-13,15,33H,4-5,14H2,1-3H3,(H,30,31). The van der Waals surface area contributed by atoms with E-state index in [1.165, 1.54) is 6.07 Å². The van der Waals surface area contributed by atoms with Crippen molar-refractivity contribution in [1.82, 2.24) is 20.1 Å². The van der Waals surface area contributed by atoms with Crippen molar-refractivity contribution in [2.45, 2.75) is 33.4 Å². The molecule has 7 nitrogen and oxygen atoms in total. The number of benzene rings is 2. The molecule has 2 aromatic carbocycles. The Hall–Kier alpha value is -3.49. The van der Waals surface area contributed by atoms with Crippen molar-refractivity contribution in [3.63, 3.8) is 0 Å². The molecule has 9 heteroatoms. The maximum absolute atomic E-state index is 15.4. The van der Waals surface area contributed by atoms with Crippen LogP contribution in [-0.2, 0) is 6.54 Å². The molecule has 2 heterocycles. The molecule has 1 amide bonds. The number of carbonyl (C=O) groups is 1. The molecule has 0 saturated carbocycles. The smallest absolute Gasteiger partial charge is 0.254 e. The summed E-state index contributed by atoms with van der Waals surface area (Å²) >= 11 is 6.11. The molecule has 0 aliphatic heterocycles. The summed E-state index contributed by atoms with van der Waals surface area (Å²) in [6.07, 6.45) is 2.46. The minimum atomic E-state index is -0.758. The van der Waals surface area contributed by atoms with Gasteiger partial charge in [0.25, 0.3) is 5.91 Å². The number of aromatic nitrogens is 3. The van der Waals surface area contributed by atoms with Gasteiger partial charge in [0.05, 0.1) is 35.7 Å². The molecule has 0 saturated heterocycles. The molecular weight excluding hydrogens is 471 g/mol. The molecule has 2 N–H and O–H groups in total. The van der Waals surface area contributed by atoms with Gasteiger partial charge in [-0.05, 0) is 50.6 Å². The van der Waals surface area contributed by atoms with Crippen LogP contribution in [0.4, 0.5) is 4.39 Å². The molecule has 4 rings (SSSR count). The first-order valence-electron chi connectivity index (χ1n) is 11.3. The van der Waals surface area contributed by atoms with E-state index in [9.17, 15) is 9.90 Å². The van der Waals surface area contributed by atoms with Gasteiger partial charge in [-0.1, -0.05) is 23.7 Å². The first kappa shape index (κ1) is 24.6. The molecule has 0 spiro atoms. The van der Waals surface area contributed by atoms with Gasteiger partial charge in [-0.2, -0.15) is 5.10 Å². The molecule has 0 bridgehead atoms. The van der Waals surface area contributed by atoms with Crippen LogP contribution in [0, 0.1) is 5.82 Å². The van der Waals surface area contributed by atoms with Crippen LogP contribution in [0.1, 0.15) is 48.5 Å². The molecule has 0 aliphatic rings. The maximum Gasteiger partial charge on any atom is 0.254 e. The molecular formula is C26H26ClFN4O3. The van der Waals surface area contributed by atoms with Crippen molar-refractivity contribution in [1.29, 1.82) is 0 Å². The number of rotatable bonds is 8. The average molecular weight is 497 g/mol. The number of pyridine rings is 1. The molecule has 1 atom stereocenters. The van der Waals surface area contributed by atoms with E-state index in [0.717, 1.165) is 5.56 Å². The number of nitrogens with zero attached hydrogens (tertiary/aromatic N) is 3. The third-order valence-electron chi connectivity index (χ3n) is 5.74. The maximum atomic E-state index is 15.4. The molecule has 0 aliphatic carbocycles. The SMILES string of the molecule is CCOc1cc(C(=O)N(CC)Cc2cnc(C(C)O)c3cn[nH]c23)cc(F)c1-c1cccc(Cl)c1. The zero-order chi connectivity index (χ0) is 25.1. The van der Waals surface area contributed by atoms with Crippen molar-refractivity contribution in [2.75, 3.05) is 13.2 Å². The third kappa shape index (κ3) is 4.99. The number of H-pyrrole nitrogens is 1. The molecule has 182 valence electrons. The van der Waals surface area contributed by atoms with E-state index in [0.29, 0.717) is 40.3 Å². The van der Waals surface area contributed by atoms with Gasteiger partial charge in [0.2, 0.25) is 0 Å². The molecule has 2 aromatic heterocycles. The highest BCUT2D eigenvalue weighted by atomic mass is 35.5. The Morgan fingerprint density at radius 2 is 2.06 bits per heavy atom. The normalized spacial score (nSPS) is 12.1. The lowest BCUT2D eigenvalue weighted by atomic mass is 10.0. The van der Waals surface area contributed by atoms with E-state index in [-0.39, 0.29) is 29.3 Å². The fraction of sp³-hybridized carbons (Fsp3) is 0.269. The van der Waals surface area contributed by atoms with E-state index in [1.54, 1.807) is 61.5 Å². The van der Waals surface area contributed by atoms with Crippen molar-refractivity contribution < 1.29 is 19.0 Å². The Bertz CT molecular complexity index is 1370. The van der Waals surface area contributed by atoms with Gasteiger partial charge < -0.3 is 14.7 Å². The van der Waals surface area contributed by atoms with E-state index in [2.05, 4.69) is 15.2 Å². The summed E-state index contributed by atoms with van der Waals surface area (Å²) in [7, 11) is 0. The van der Waals surface area contributed by atoms with Crippen LogP contribution in [-0.4, -0.2) is 44.2 Å². The van der Waals surface area contributed by atoms with Crippen LogP contribution in [0.15, 0.2) is 48.8 Å². The van der Waals surface area contributed by atoms with E-state index in [1.807, 2.05) is 6.92 Å². The largest absolute Gasteiger partial charge is 0.493 e. The number of carbonyl (C=O) groups excluding carboxylic acids is 1. The number of nitrogens with one attached hydrogen (secondary N) is 1.